The first-order valence-electron chi connectivity index (χ1n) is 11.5. The van der Waals surface area contributed by atoms with Crippen LogP contribution < -0.4 is 0 Å². The lowest BCUT2D eigenvalue weighted by Gasteiger charge is -2.21. The summed E-state index contributed by atoms with van der Waals surface area (Å²) in [5.74, 6) is 3.52. The van der Waals surface area contributed by atoms with Crippen molar-refractivity contribution in [3.63, 3.8) is 0 Å². The number of hydrogen-bond acceptors (Lipinski definition) is 2. The number of aliphatic imine (C=N–C) groups is 2. The van der Waals surface area contributed by atoms with Crippen molar-refractivity contribution in [3.05, 3.63) is 47.5 Å². The fourth-order valence-electron chi connectivity index (χ4n) is 7.32. The van der Waals surface area contributed by atoms with Crippen molar-refractivity contribution in [1.29, 1.82) is 0 Å². The van der Waals surface area contributed by atoms with E-state index in [1.165, 1.54) is 84.7 Å². The first kappa shape index (κ1) is 15.9. The SMILES string of the molecule is c1cc2c3c(cccc3c1)C(=NC1CC3CCC1C3)C2=NC1CC2CCC1C2. The number of benzene rings is 2. The standard InChI is InChI=1S/C26H28N2/c1-3-17-4-2-6-21-24(17)20(5-1)25(27-22-13-15-7-9-18(22)11-15)26(21)28-23-14-16-8-10-19(23)12-16/h1-6,15-16,18-19,22-23H,7-14H2. The molecular formula is C26H28N2. The van der Waals surface area contributed by atoms with E-state index in [0.29, 0.717) is 12.1 Å². The van der Waals surface area contributed by atoms with Gasteiger partial charge in [0.15, 0.2) is 0 Å². The Morgan fingerprint density at radius 2 is 1.14 bits per heavy atom. The van der Waals surface area contributed by atoms with E-state index in [0.717, 1.165) is 23.7 Å². The van der Waals surface area contributed by atoms with Gasteiger partial charge in [0.25, 0.3) is 0 Å². The highest BCUT2D eigenvalue weighted by molar-refractivity contribution is 6.61. The smallest absolute Gasteiger partial charge is 0.0915 e. The van der Waals surface area contributed by atoms with Gasteiger partial charge in [-0.05, 0) is 67.6 Å². The van der Waals surface area contributed by atoms with Gasteiger partial charge in [-0.2, -0.15) is 0 Å². The van der Waals surface area contributed by atoms with Crippen molar-refractivity contribution in [1.82, 2.24) is 0 Å². The zero-order chi connectivity index (χ0) is 18.2. The van der Waals surface area contributed by atoms with Crippen LogP contribution >= 0.6 is 0 Å². The molecule has 4 saturated carbocycles. The molecule has 0 aliphatic heterocycles. The van der Waals surface area contributed by atoms with E-state index < -0.39 is 0 Å². The monoisotopic (exact) mass is 368 g/mol. The largest absolute Gasteiger partial charge is 0.279 e. The molecule has 2 aromatic rings. The molecule has 6 unspecified atom stereocenters. The molecule has 0 radical (unpaired) electrons. The van der Waals surface area contributed by atoms with Gasteiger partial charge in [-0.1, -0.05) is 49.2 Å². The third-order valence-corrected chi connectivity index (χ3v) is 8.63. The Morgan fingerprint density at radius 3 is 1.57 bits per heavy atom. The normalized spacial score (nSPS) is 40.6. The van der Waals surface area contributed by atoms with E-state index in [4.69, 9.17) is 9.98 Å². The van der Waals surface area contributed by atoms with Crippen molar-refractivity contribution in [2.24, 2.45) is 33.7 Å². The van der Waals surface area contributed by atoms with Crippen LogP contribution in [0.3, 0.4) is 0 Å². The molecule has 142 valence electrons. The maximum absolute atomic E-state index is 5.47. The predicted octanol–water partition coefficient (Wildman–Crippen LogP) is 5.81. The van der Waals surface area contributed by atoms with Crippen LogP contribution in [0, 0.1) is 23.7 Å². The van der Waals surface area contributed by atoms with Gasteiger partial charge in [-0.3, -0.25) is 9.98 Å². The third kappa shape index (κ3) is 2.21. The van der Waals surface area contributed by atoms with Gasteiger partial charge in [0.2, 0.25) is 0 Å². The van der Waals surface area contributed by atoms with Gasteiger partial charge in [0.1, 0.15) is 0 Å². The van der Waals surface area contributed by atoms with E-state index in [2.05, 4.69) is 36.4 Å². The molecule has 0 heterocycles. The summed E-state index contributed by atoms with van der Waals surface area (Å²) in [6.07, 6.45) is 11.1. The van der Waals surface area contributed by atoms with Crippen LogP contribution in [-0.2, 0) is 0 Å². The molecule has 6 atom stereocenters. The average Bonchev–Trinajstić information content (AvgIpc) is 3.53. The molecule has 0 N–H and O–H groups in total. The summed E-state index contributed by atoms with van der Waals surface area (Å²) in [5.41, 5.74) is 5.15. The second-order valence-corrected chi connectivity index (χ2v) is 10.1. The highest BCUT2D eigenvalue weighted by Gasteiger charge is 2.42. The highest BCUT2D eigenvalue weighted by atomic mass is 14.9. The van der Waals surface area contributed by atoms with Crippen molar-refractivity contribution in [2.75, 3.05) is 0 Å². The summed E-state index contributed by atoms with van der Waals surface area (Å²) < 4.78 is 0. The molecule has 0 saturated heterocycles. The van der Waals surface area contributed by atoms with Gasteiger partial charge in [-0.25, -0.2) is 0 Å². The molecule has 28 heavy (non-hydrogen) atoms. The van der Waals surface area contributed by atoms with Crippen molar-refractivity contribution >= 4 is 22.2 Å². The summed E-state index contributed by atoms with van der Waals surface area (Å²) in [6, 6.07) is 14.6. The molecular weight excluding hydrogens is 340 g/mol. The lowest BCUT2D eigenvalue weighted by atomic mass is 9.94. The minimum Gasteiger partial charge on any atom is -0.279 e. The summed E-state index contributed by atoms with van der Waals surface area (Å²) in [7, 11) is 0. The topological polar surface area (TPSA) is 24.7 Å². The first-order chi connectivity index (χ1) is 13.8. The van der Waals surface area contributed by atoms with Gasteiger partial charge >= 0.3 is 0 Å². The van der Waals surface area contributed by atoms with Gasteiger partial charge in [-0.15, -0.1) is 0 Å². The van der Waals surface area contributed by atoms with E-state index >= 15 is 0 Å². The Balaban J connectivity index is 1.38. The Hall–Kier alpha value is -1.96. The number of hydrogen-bond donors (Lipinski definition) is 0. The van der Waals surface area contributed by atoms with Crippen LogP contribution in [-0.4, -0.2) is 23.5 Å². The van der Waals surface area contributed by atoms with E-state index in [9.17, 15) is 0 Å². The Kier molecular flexibility index (Phi) is 3.28. The number of rotatable bonds is 2. The number of nitrogens with zero attached hydrogens (tertiary/aromatic N) is 2. The van der Waals surface area contributed by atoms with Crippen molar-refractivity contribution < 1.29 is 0 Å². The van der Waals surface area contributed by atoms with E-state index in [1.54, 1.807) is 0 Å². The average molecular weight is 369 g/mol. The second kappa shape index (κ2) is 5.78. The van der Waals surface area contributed by atoms with Crippen LogP contribution in [0.15, 0.2) is 46.4 Å². The molecule has 5 aliphatic rings. The van der Waals surface area contributed by atoms with Gasteiger partial charge in [0, 0.05) is 16.5 Å². The lowest BCUT2D eigenvalue weighted by Crippen LogP contribution is -2.23. The van der Waals surface area contributed by atoms with Gasteiger partial charge in [0.05, 0.1) is 23.5 Å². The quantitative estimate of drug-likeness (QED) is 0.639. The van der Waals surface area contributed by atoms with E-state index in [-0.39, 0.29) is 0 Å². The summed E-state index contributed by atoms with van der Waals surface area (Å²) in [4.78, 5) is 10.9. The second-order valence-electron chi connectivity index (χ2n) is 10.1. The number of fused-ring (bicyclic) bond motifs is 4. The minimum atomic E-state index is 0.531. The fraction of sp³-hybridized carbons (Fsp3) is 0.538. The molecule has 5 aliphatic carbocycles. The first-order valence-corrected chi connectivity index (χ1v) is 11.5. The summed E-state index contributed by atoms with van der Waals surface area (Å²) >= 11 is 0. The molecule has 4 bridgehead atoms. The molecule has 2 heteroatoms. The Morgan fingerprint density at radius 1 is 0.607 bits per heavy atom. The molecule has 0 amide bonds. The van der Waals surface area contributed by atoms with Gasteiger partial charge < -0.3 is 0 Å². The Bertz CT molecular complexity index is 953. The van der Waals surface area contributed by atoms with E-state index in [1.807, 2.05) is 0 Å². The van der Waals surface area contributed by atoms with Crippen molar-refractivity contribution in [3.8, 4) is 0 Å². The summed E-state index contributed by atoms with van der Waals surface area (Å²) in [6.45, 7) is 0. The van der Waals surface area contributed by atoms with Crippen LogP contribution in [0.25, 0.3) is 10.8 Å². The summed E-state index contributed by atoms with van der Waals surface area (Å²) in [5, 5.41) is 2.74. The molecule has 0 spiro atoms. The fourth-order valence-corrected chi connectivity index (χ4v) is 7.32. The predicted molar refractivity (Wildman–Crippen MR) is 115 cm³/mol. The maximum atomic E-state index is 5.47. The van der Waals surface area contributed by atoms with Crippen molar-refractivity contribution in [2.45, 2.75) is 63.5 Å². The molecule has 2 aromatic carbocycles. The Labute approximate surface area is 167 Å². The van der Waals surface area contributed by atoms with Crippen LogP contribution in [0.4, 0.5) is 0 Å². The zero-order valence-electron chi connectivity index (χ0n) is 16.5. The van der Waals surface area contributed by atoms with Crippen LogP contribution in [0.2, 0.25) is 0 Å². The molecule has 0 aromatic heterocycles. The lowest BCUT2D eigenvalue weighted by molar-refractivity contribution is 0.419. The maximum Gasteiger partial charge on any atom is 0.0915 e. The zero-order valence-corrected chi connectivity index (χ0v) is 16.5. The third-order valence-electron chi connectivity index (χ3n) is 8.63. The van der Waals surface area contributed by atoms with Crippen LogP contribution in [0.1, 0.15) is 62.5 Å². The molecule has 7 rings (SSSR count). The highest BCUT2D eigenvalue weighted by Crippen LogP contribution is 2.48. The molecule has 4 fully saturated rings. The minimum absolute atomic E-state index is 0.531. The molecule has 2 nitrogen and oxygen atoms in total. The van der Waals surface area contributed by atoms with Crippen LogP contribution in [0.5, 0.6) is 0 Å².